The van der Waals surface area contributed by atoms with Gasteiger partial charge in [0, 0.05) is 12.1 Å². The van der Waals surface area contributed by atoms with Gasteiger partial charge in [0.2, 0.25) is 12.2 Å². The van der Waals surface area contributed by atoms with E-state index in [4.69, 9.17) is 0 Å². The van der Waals surface area contributed by atoms with Crippen molar-refractivity contribution in [3.8, 4) is 0 Å². The Morgan fingerprint density at radius 3 is 1.37 bits per heavy atom. The third-order valence-electron chi connectivity index (χ3n) is 4.34. The van der Waals surface area contributed by atoms with E-state index in [0.717, 1.165) is 51.4 Å². The zero-order valence-electron chi connectivity index (χ0n) is 11.2. The highest BCUT2D eigenvalue weighted by atomic mass is 16.1. The monoisotopic (exact) mass is 263 g/mol. The minimum Gasteiger partial charge on any atom is -0.311 e. The van der Waals surface area contributed by atoms with Crippen LogP contribution in [-0.2, 0) is 9.59 Å². The van der Waals surface area contributed by atoms with Crippen molar-refractivity contribution in [1.82, 2.24) is 5.32 Å². The standard InChI is InChI=1S/C14H21N3O2/c18-9-15-11-1-5-13(6-2-11)17-14-7-3-12(4-8-14)16-10-19/h11-14,17H,1-8H2. The Bertz CT molecular complexity index is 334. The third kappa shape index (κ3) is 4.39. The number of nitrogens with one attached hydrogen (secondary N) is 1. The van der Waals surface area contributed by atoms with Crippen molar-refractivity contribution < 1.29 is 9.59 Å². The molecular formula is C14H21N3O2. The van der Waals surface area contributed by atoms with Crippen LogP contribution in [0.25, 0.3) is 0 Å². The first-order valence-electron chi connectivity index (χ1n) is 7.22. The van der Waals surface area contributed by atoms with Gasteiger partial charge in [0.1, 0.15) is 0 Å². The molecule has 1 N–H and O–H groups in total. The topological polar surface area (TPSA) is 70.9 Å². The fourth-order valence-electron chi connectivity index (χ4n) is 3.23. The van der Waals surface area contributed by atoms with Gasteiger partial charge >= 0.3 is 0 Å². The van der Waals surface area contributed by atoms with Crippen LogP contribution in [0.1, 0.15) is 51.4 Å². The minimum atomic E-state index is 0.188. The number of aliphatic imine (C=N–C) groups is 2. The molecule has 0 radical (unpaired) electrons. The van der Waals surface area contributed by atoms with E-state index in [2.05, 4.69) is 15.3 Å². The molecule has 104 valence electrons. The molecule has 0 aromatic heterocycles. The average Bonchev–Trinajstić information content (AvgIpc) is 2.44. The molecule has 0 amide bonds. The van der Waals surface area contributed by atoms with Gasteiger partial charge in [-0.2, -0.15) is 0 Å². The minimum absolute atomic E-state index is 0.188. The highest BCUT2D eigenvalue weighted by molar-refractivity contribution is 5.33. The van der Waals surface area contributed by atoms with E-state index in [9.17, 15) is 9.59 Å². The summed E-state index contributed by atoms with van der Waals surface area (Å²) in [6, 6.07) is 1.48. The number of hydrogen-bond donors (Lipinski definition) is 1. The smallest absolute Gasteiger partial charge is 0.235 e. The van der Waals surface area contributed by atoms with Crippen LogP contribution in [0.15, 0.2) is 9.98 Å². The maximum Gasteiger partial charge on any atom is 0.235 e. The molecule has 2 aliphatic carbocycles. The first-order valence-corrected chi connectivity index (χ1v) is 7.22. The first-order chi connectivity index (χ1) is 9.31. The van der Waals surface area contributed by atoms with E-state index in [-0.39, 0.29) is 12.1 Å². The van der Waals surface area contributed by atoms with Crippen molar-refractivity contribution >= 4 is 12.2 Å². The molecule has 0 spiro atoms. The molecular weight excluding hydrogens is 242 g/mol. The SMILES string of the molecule is O=C=NC1CCC(NC2CCC(N=C=O)CC2)CC1. The molecule has 0 atom stereocenters. The Morgan fingerprint density at radius 1 is 0.684 bits per heavy atom. The van der Waals surface area contributed by atoms with E-state index in [1.807, 2.05) is 0 Å². The van der Waals surface area contributed by atoms with Crippen molar-refractivity contribution in [3.63, 3.8) is 0 Å². The number of carbonyl (C=O) groups excluding carboxylic acids is 2. The van der Waals surface area contributed by atoms with Crippen molar-refractivity contribution in [2.45, 2.75) is 75.5 Å². The predicted octanol–water partition coefficient (Wildman–Crippen LogP) is 1.87. The van der Waals surface area contributed by atoms with Gasteiger partial charge in [-0.15, -0.1) is 0 Å². The molecule has 2 fully saturated rings. The Balaban J connectivity index is 1.69. The second-order valence-corrected chi connectivity index (χ2v) is 5.62. The zero-order chi connectivity index (χ0) is 13.5. The van der Waals surface area contributed by atoms with E-state index >= 15 is 0 Å². The second kappa shape index (κ2) is 7.34. The van der Waals surface area contributed by atoms with E-state index < -0.39 is 0 Å². The van der Waals surface area contributed by atoms with E-state index in [1.165, 1.54) is 0 Å². The number of nitrogens with zero attached hydrogens (tertiary/aromatic N) is 2. The fraction of sp³-hybridized carbons (Fsp3) is 0.857. The van der Waals surface area contributed by atoms with Crippen molar-refractivity contribution in [2.24, 2.45) is 9.98 Å². The molecule has 0 heterocycles. The van der Waals surface area contributed by atoms with Gasteiger partial charge in [0.15, 0.2) is 0 Å². The van der Waals surface area contributed by atoms with Crippen LogP contribution in [0.5, 0.6) is 0 Å². The maximum absolute atomic E-state index is 10.2. The fourth-order valence-corrected chi connectivity index (χ4v) is 3.23. The zero-order valence-corrected chi connectivity index (χ0v) is 11.2. The molecule has 2 rings (SSSR count). The molecule has 0 unspecified atom stereocenters. The highest BCUT2D eigenvalue weighted by Crippen LogP contribution is 2.25. The summed E-state index contributed by atoms with van der Waals surface area (Å²) in [4.78, 5) is 28.0. The molecule has 19 heavy (non-hydrogen) atoms. The van der Waals surface area contributed by atoms with Gasteiger partial charge in [-0.25, -0.2) is 19.6 Å². The lowest BCUT2D eigenvalue weighted by Gasteiger charge is -2.33. The average molecular weight is 263 g/mol. The van der Waals surface area contributed by atoms with Crippen LogP contribution in [0.3, 0.4) is 0 Å². The lowest BCUT2D eigenvalue weighted by molar-refractivity contribution is 0.269. The molecule has 0 aromatic rings. The van der Waals surface area contributed by atoms with Gasteiger partial charge < -0.3 is 5.32 Å². The van der Waals surface area contributed by atoms with Crippen LogP contribution in [0.4, 0.5) is 0 Å². The summed E-state index contributed by atoms with van der Waals surface area (Å²) < 4.78 is 0. The second-order valence-electron chi connectivity index (χ2n) is 5.62. The van der Waals surface area contributed by atoms with Gasteiger partial charge in [0.05, 0.1) is 12.1 Å². The van der Waals surface area contributed by atoms with E-state index in [0.29, 0.717) is 12.1 Å². The summed E-state index contributed by atoms with van der Waals surface area (Å²) in [6.45, 7) is 0. The highest BCUT2D eigenvalue weighted by Gasteiger charge is 2.25. The summed E-state index contributed by atoms with van der Waals surface area (Å²) in [6.07, 6.45) is 11.6. The lowest BCUT2D eigenvalue weighted by atomic mass is 9.87. The van der Waals surface area contributed by atoms with Crippen LogP contribution < -0.4 is 5.32 Å². The Labute approximate surface area is 113 Å². The Kier molecular flexibility index (Phi) is 5.46. The van der Waals surface area contributed by atoms with Gasteiger partial charge in [-0.05, 0) is 51.4 Å². The Morgan fingerprint density at radius 2 is 1.05 bits per heavy atom. The molecule has 0 bridgehead atoms. The summed E-state index contributed by atoms with van der Waals surface area (Å²) in [5.74, 6) is 0. The molecule has 0 aromatic carbocycles. The number of rotatable bonds is 4. The van der Waals surface area contributed by atoms with Gasteiger partial charge in [-0.1, -0.05) is 0 Å². The molecule has 0 saturated heterocycles. The summed E-state index contributed by atoms with van der Waals surface area (Å²) in [5.41, 5.74) is 0. The van der Waals surface area contributed by atoms with Gasteiger partial charge in [-0.3, -0.25) is 0 Å². The van der Waals surface area contributed by atoms with Crippen molar-refractivity contribution in [2.75, 3.05) is 0 Å². The molecule has 2 saturated carbocycles. The predicted molar refractivity (Wildman–Crippen MR) is 71.5 cm³/mol. The summed E-state index contributed by atoms with van der Waals surface area (Å²) >= 11 is 0. The summed E-state index contributed by atoms with van der Waals surface area (Å²) in [5, 5.41) is 3.70. The molecule has 5 nitrogen and oxygen atoms in total. The van der Waals surface area contributed by atoms with Crippen LogP contribution in [-0.4, -0.2) is 36.3 Å². The lowest BCUT2D eigenvalue weighted by Crippen LogP contribution is -2.43. The normalized spacial score (nSPS) is 34.9. The van der Waals surface area contributed by atoms with Gasteiger partial charge in [0.25, 0.3) is 0 Å². The quantitative estimate of drug-likeness (QED) is 0.621. The molecule has 0 aliphatic heterocycles. The number of isocyanates is 2. The largest absolute Gasteiger partial charge is 0.311 e. The van der Waals surface area contributed by atoms with E-state index in [1.54, 1.807) is 12.2 Å². The molecule has 5 heteroatoms. The number of hydrogen-bond acceptors (Lipinski definition) is 5. The first kappa shape index (κ1) is 14.1. The van der Waals surface area contributed by atoms with Crippen molar-refractivity contribution in [1.29, 1.82) is 0 Å². The maximum atomic E-state index is 10.2. The third-order valence-corrected chi connectivity index (χ3v) is 4.34. The molecule has 2 aliphatic rings. The Hall–Kier alpha value is -1.28. The van der Waals surface area contributed by atoms with Crippen molar-refractivity contribution in [3.05, 3.63) is 0 Å². The summed E-state index contributed by atoms with van der Waals surface area (Å²) in [7, 11) is 0. The van der Waals surface area contributed by atoms with Crippen LogP contribution in [0.2, 0.25) is 0 Å². The van der Waals surface area contributed by atoms with Crippen LogP contribution in [0, 0.1) is 0 Å². The van der Waals surface area contributed by atoms with Crippen LogP contribution >= 0.6 is 0 Å².